The summed E-state index contributed by atoms with van der Waals surface area (Å²) in [7, 11) is 3.12. The lowest BCUT2D eigenvalue weighted by molar-refractivity contribution is -0.133. The highest BCUT2D eigenvalue weighted by Gasteiger charge is 2.17. The second-order valence-corrected chi connectivity index (χ2v) is 8.80. The van der Waals surface area contributed by atoms with Gasteiger partial charge in [-0.2, -0.15) is 0 Å². The predicted molar refractivity (Wildman–Crippen MR) is 138 cm³/mol. The molecule has 0 unspecified atom stereocenters. The number of benzene rings is 2. The first-order valence-electron chi connectivity index (χ1n) is 11.9. The number of methoxy groups -OCH3 is 1. The fourth-order valence-corrected chi connectivity index (χ4v) is 4.29. The average molecular weight is 494 g/mol. The van der Waals surface area contributed by atoms with Crippen LogP contribution in [0.25, 0.3) is 11.0 Å². The molecule has 0 spiro atoms. The number of carbonyl (C=O) groups excluding carboxylic acids is 2. The van der Waals surface area contributed by atoms with E-state index in [1.54, 1.807) is 26.3 Å². The molecule has 2 aromatic carbocycles. The van der Waals surface area contributed by atoms with Crippen molar-refractivity contribution >= 4 is 34.2 Å². The van der Waals surface area contributed by atoms with Crippen molar-refractivity contribution in [3.05, 3.63) is 64.0 Å². The third kappa shape index (κ3) is 5.85. The molecule has 1 aliphatic heterocycles. The van der Waals surface area contributed by atoms with Gasteiger partial charge in [-0.05, 0) is 55.3 Å². The topological polar surface area (TPSA) is 101 Å². The number of carbonyl (C=O) groups is 2. The number of likely N-dealkylation sites (N-methyl/N-ethyl adjacent to an activating group) is 1. The van der Waals surface area contributed by atoms with Gasteiger partial charge in [-0.25, -0.2) is 4.79 Å². The van der Waals surface area contributed by atoms with Crippen LogP contribution in [0.5, 0.6) is 5.75 Å². The van der Waals surface area contributed by atoms with Gasteiger partial charge in [-0.3, -0.25) is 9.59 Å². The molecule has 0 saturated carbocycles. The smallest absolute Gasteiger partial charge is 0.339 e. The van der Waals surface area contributed by atoms with Crippen LogP contribution in [0.4, 0.5) is 11.4 Å². The Kier molecular flexibility index (Phi) is 7.90. The SMILES string of the molecule is COc1ccc2c(C)c(CCC(=O)N(C)CC(=O)Nc3ccc(N4CCOCC4)cc3)c(=O)oc2c1. The second-order valence-electron chi connectivity index (χ2n) is 8.80. The molecule has 1 N–H and O–H groups in total. The van der Waals surface area contributed by atoms with Gasteiger partial charge in [0.1, 0.15) is 11.3 Å². The summed E-state index contributed by atoms with van der Waals surface area (Å²) >= 11 is 0. The number of fused-ring (bicyclic) bond motifs is 1. The van der Waals surface area contributed by atoms with Crippen molar-refractivity contribution in [3.8, 4) is 5.75 Å². The highest BCUT2D eigenvalue weighted by atomic mass is 16.5. The molecular formula is C27H31N3O6. The first kappa shape index (κ1) is 25.2. The number of amides is 2. The lowest BCUT2D eigenvalue weighted by Crippen LogP contribution is -2.36. The maximum atomic E-state index is 12.7. The van der Waals surface area contributed by atoms with Crippen molar-refractivity contribution in [1.82, 2.24) is 4.90 Å². The van der Waals surface area contributed by atoms with Crippen molar-refractivity contribution in [1.29, 1.82) is 0 Å². The van der Waals surface area contributed by atoms with E-state index in [4.69, 9.17) is 13.9 Å². The molecule has 2 heterocycles. The lowest BCUT2D eigenvalue weighted by Gasteiger charge is -2.28. The van der Waals surface area contributed by atoms with Crippen LogP contribution in [0.3, 0.4) is 0 Å². The molecule has 0 aliphatic carbocycles. The van der Waals surface area contributed by atoms with Gasteiger partial charge in [0.05, 0.1) is 26.9 Å². The number of ether oxygens (including phenoxy) is 2. The Labute approximate surface area is 209 Å². The molecule has 2 amide bonds. The fourth-order valence-electron chi connectivity index (χ4n) is 4.29. The largest absolute Gasteiger partial charge is 0.497 e. The molecule has 1 aliphatic rings. The van der Waals surface area contributed by atoms with Crippen LogP contribution in [0.1, 0.15) is 17.5 Å². The number of nitrogens with zero attached hydrogens (tertiary/aromatic N) is 2. The minimum absolute atomic E-state index is 0.0881. The number of hydrogen-bond donors (Lipinski definition) is 1. The van der Waals surface area contributed by atoms with E-state index in [0.29, 0.717) is 35.8 Å². The summed E-state index contributed by atoms with van der Waals surface area (Å²) in [4.78, 5) is 41.3. The Hall–Kier alpha value is -3.85. The Bertz CT molecular complexity index is 1300. The third-order valence-electron chi connectivity index (χ3n) is 6.42. The molecule has 9 heteroatoms. The van der Waals surface area contributed by atoms with E-state index >= 15 is 0 Å². The Morgan fingerprint density at radius 1 is 1.11 bits per heavy atom. The van der Waals surface area contributed by atoms with Crippen molar-refractivity contribution in [2.75, 3.05) is 57.2 Å². The van der Waals surface area contributed by atoms with Gasteiger partial charge < -0.3 is 29.0 Å². The first-order chi connectivity index (χ1) is 17.4. The molecule has 1 saturated heterocycles. The molecular weight excluding hydrogens is 462 g/mol. The minimum atomic E-state index is -0.470. The van der Waals surface area contributed by atoms with Crippen molar-refractivity contribution in [2.45, 2.75) is 19.8 Å². The number of aryl methyl sites for hydroxylation is 1. The third-order valence-corrected chi connectivity index (χ3v) is 6.42. The maximum Gasteiger partial charge on any atom is 0.339 e. The van der Waals surface area contributed by atoms with E-state index in [1.807, 2.05) is 37.3 Å². The molecule has 4 rings (SSSR count). The molecule has 1 aromatic heterocycles. The van der Waals surface area contributed by atoms with E-state index in [-0.39, 0.29) is 31.2 Å². The summed E-state index contributed by atoms with van der Waals surface area (Å²) in [5, 5.41) is 3.62. The van der Waals surface area contributed by atoms with Crippen LogP contribution >= 0.6 is 0 Å². The fraction of sp³-hybridized carbons (Fsp3) is 0.370. The molecule has 3 aromatic rings. The number of anilines is 2. The highest BCUT2D eigenvalue weighted by Crippen LogP contribution is 2.24. The quantitative estimate of drug-likeness (QED) is 0.482. The van der Waals surface area contributed by atoms with Gasteiger partial charge in [0.15, 0.2) is 0 Å². The lowest BCUT2D eigenvalue weighted by atomic mass is 10.0. The minimum Gasteiger partial charge on any atom is -0.497 e. The first-order valence-corrected chi connectivity index (χ1v) is 11.9. The monoisotopic (exact) mass is 493 g/mol. The zero-order valence-electron chi connectivity index (χ0n) is 20.8. The summed E-state index contributed by atoms with van der Waals surface area (Å²) in [6, 6.07) is 12.9. The van der Waals surface area contributed by atoms with E-state index < -0.39 is 5.63 Å². The number of morpholine rings is 1. The summed E-state index contributed by atoms with van der Waals surface area (Å²) in [6.45, 7) is 4.85. The molecule has 1 fully saturated rings. The normalized spacial score (nSPS) is 13.5. The predicted octanol–water partition coefficient (Wildman–Crippen LogP) is 2.98. The molecule has 36 heavy (non-hydrogen) atoms. The number of nitrogens with one attached hydrogen (secondary N) is 1. The summed E-state index contributed by atoms with van der Waals surface area (Å²) in [5.41, 5.74) is 2.95. The van der Waals surface area contributed by atoms with E-state index in [1.165, 1.54) is 4.90 Å². The van der Waals surface area contributed by atoms with Crippen molar-refractivity contribution < 1.29 is 23.5 Å². The van der Waals surface area contributed by atoms with Crippen LogP contribution < -0.4 is 20.6 Å². The van der Waals surface area contributed by atoms with Crippen LogP contribution in [0, 0.1) is 6.92 Å². The average Bonchev–Trinajstić information content (AvgIpc) is 2.88. The van der Waals surface area contributed by atoms with Gasteiger partial charge in [0, 0.05) is 54.9 Å². The number of rotatable bonds is 8. The summed E-state index contributed by atoms with van der Waals surface area (Å²) in [6.07, 6.45) is 0.315. The van der Waals surface area contributed by atoms with Crippen LogP contribution in [0.2, 0.25) is 0 Å². The maximum absolute atomic E-state index is 12.7. The summed E-state index contributed by atoms with van der Waals surface area (Å²) in [5.74, 6) is 0.0719. The van der Waals surface area contributed by atoms with Crippen molar-refractivity contribution in [3.63, 3.8) is 0 Å². The molecule has 0 bridgehead atoms. The zero-order chi connectivity index (χ0) is 25.7. The van der Waals surface area contributed by atoms with Gasteiger partial charge >= 0.3 is 5.63 Å². The van der Waals surface area contributed by atoms with Crippen molar-refractivity contribution in [2.24, 2.45) is 0 Å². The van der Waals surface area contributed by atoms with Crippen LogP contribution in [-0.2, 0) is 20.7 Å². The van der Waals surface area contributed by atoms with E-state index in [9.17, 15) is 14.4 Å². The molecule has 0 atom stereocenters. The summed E-state index contributed by atoms with van der Waals surface area (Å²) < 4.78 is 16.0. The second kappa shape index (κ2) is 11.3. The molecule has 9 nitrogen and oxygen atoms in total. The van der Waals surface area contributed by atoms with Gasteiger partial charge in [0.25, 0.3) is 0 Å². The van der Waals surface area contributed by atoms with Crippen LogP contribution in [0.15, 0.2) is 51.7 Å². The van der Waals surface area contributed by atoms with Crippen LogP contribution in [-0.4, -0.2) is 63.7 Å². The van der Waals surface area contributed by atoms with Gasteiger partial charge in [-0.15, -0.1) is 0 Å². The Morgan fingerprint density at radius 2 is 1.83 bits per heavy atom. The number of hydrogen-bond acceptors (Lipinski definition) is 7. The molecule has 0 radical (unpaired) electrons. The van der Waals surface area contributed by atoms with Gasteiger partial charge in [-0.1, -0.05) is 0 Å². The van der Waals surface area contributed by atoms with Gasteiger partial charge in [0.2, 0.25) is 11.8 Å². The Morgan fingerprint density at radius 3 is 2.53 bits per heavy atom. The highest BCUT2D eigenvalue weighted by molar-refractivity contribution is 5.94. The van der Waals surface area contributed by atoms with E-state index in [0.717, 1.165) is 29.7 Å². The Balaban J connectivity index is 1.31. The molecule has 190 valence electrons. The zero-order valence-corrected chi connectivity index (χ0v) is 20.8. The van der Waals surface area contributed by atoms with E-state index in [2.05, 4.69) is 10.2 Å². The standard InChI is InChI=1S/C27H31N3O6/c1-18-22-9-8-21(34-3)16-24(22)36-27(33)23(18)10-11-26(32)29(2)17-25(31)28-19-4-6-20(7-5-19)30-12-14-35-15-13-30/h4-9,16H,10-15,17H2,1-3H3,(H,28,31).